The maximum absolute atomic E-state index is 13.9. The number of para-hydroxylation sites is 1. The second-order valence-corrected chi connectivity index (χ2v) is 5.87. The van der Waals surface area contributed by atoms with E-state index in [9.17, 15) is 22.4 Å². The molecule has 0 spiro atoms. The first-order chi connectivity index (χ1) is 11.8. The van der Waals surface area contributed by atoms with E-state index in [4.69, 9.17) is 0 Å². The first-order valence-corrected chi connectivity index (χ1v) is 7.72. The summed E-state index contributed by atoms with van der Waals surface area (Å²) < 4.78 is 55.2. The Bertz CT molecular complexity index is 787. The van der Waals surface area contributed by atoms with Crippen molar-refractivity contribution >= 4 is 5.91 Å². The Labute approximate surface area is 141 Å². The molecule has 1 saturated heterocycles. The Morgan fingerprint density at radius 1 is 1.32 bits per heavy atom. The maximum Gasteiger partial charge on any atom is 0.434 e. The number of nitrogens with zero attached hydrogens (tertiary/aromatic N) is 3. The average molecular weight is 356 g/mol. The quantitative estimate of drug-likeness (QED) is 0.841. The van der Waals surface area contributed by atoms with E-state index in [1.807, 2.05) is 6.92 Å². The minimum atomic E-state index is -4.86. The molecule has 0 unspecified atom stereocenters. The lowest BCUT2D eigenvalue weighted by molar-refractivity contribution is -0.143. The Morgan fingerprint density at radius 3 is 2.68 bits per heavy atom. The summed E-state index contributed by atoms with van der Waals surface area (Å²) in [4.78, 5) is 13.9. The summed E-state index contributed by atoms with van der Waals surface area (Å²) in [6.45, 7) is 2.93. The Kier molecular flexibility index (Phi) is 4.51. The molecule has 9 heteroatoms. The van der Waals surface area contributed by atoms with Crippen molar-refractivity contribution in [2.75, 3.05) is 19.6 Å². The van der Waals surface area contributed by atoms with Crippen molar-refractivity contribution in [3.63, 3.8) is 0 Å². The highest BCUT2D eigenvalue weighted by Gasteiger charge is 2.42. The van der Waals surface area contributed by atoms with Crippen molar-refractivity contribution in [3.05, 3.63) is 47.5 Å². The highest BCUT2D eigenvalue weighted by atomic mass is 19.4. The normalized spacial score (nSPS) is 18.4. The lowest BCUT2D eigenvalue weighted by Crippen LogP contribution is -2.51. The number of hydrogen-bond acceptors (Lipinski definition) is 3. The van der Waals surface area contributed by atoms with Crippen LogP contribution in [0.2, 0.25) is 0 Å². The summed E-state index contributed by atoms with van der Waals surface area (Å²) in [5.41, 5.74) is -2.21. The van der Waals surface area contributed by atoms with Crippen LogP contribution in [0, 0.1) is 5.82 Å². The monoisotopic (exact) mass is 356 g/mol. The zero-order valence-electron chi connectivity index (χ0n) is 13.3. The summed E-state index contributed by atoms with van der Waals surface area (Å²) in [5, 5.41) is 6.76. The van der Waals surface area contributed by atoms with Crippen LogP contribution in [-0.4, -0.2) is 46.3 Å². The standard InChI is InChI=1S/C16H16F4N4O/c1-10-9-23(7-6-21-10)15(25)11-8-22-24(14(11)16(18,19)20)13-5-3-2-4-12(13)17/h2-5,8,10,21H,6-7,9H2,1H3/t10-/m1/s1. The molecule has 25 heavy (non-hydrogen) atoms. The predicted octanol–water partition coefficient (Wildman–Crippen LogP) is 2.46. The molecule has 0 aliphatic carbocycles. The van der Waals surface area contributed by atoms with Crippen LogP contribution < -0.4 is 5.32 Å². The maximum atomic E-state index is 13.9. The number of hydrogen-bond donors (Lipinski definition) is 1. The first-order valence-electron chi connectivity index (χ1n) is 7.72. The molecule has 1 aliphatic heterocycles. The number of aromatic nitrogens is 2. The molecule has 134 valence electrons. The van der Waals surface area contributed by atoms with Gasteiger partial charge in [0.2, 0.25) is 0 Å². The Morgan fingerprint density at radius 2 is 2.04 bits per heavy atom. The van der Waals surface area contributed by atoms with E-state index in [-0.39, 0.29) is 11.7 Å². The summed E-state index contributed by atoms with van der Waals surface area (Å²) in [6.07, 6.45) is -4.01. The van der Waals surface area contributed by atoms with Gasteiger partial charge in [-0.1, -0.05) is 12.1 Å². The summed E-state index contributed by atoms with van der Waals surface area (Å²) in [6, 6.07) is 4.97. The van der Waals surface area contributed by atoms with Gasteiger partial charge < -0.3 is 10.2 Å². The number of carbonyl (C=O) groups excluding carboxylic acids is 1. The molecule has 1 aliphatic rings. The minimum Gasteiger partial charge on any atom is -0.336 e. The molecule has 2 aromatic rings. The lowest BCUT2D eigenvalue weighted by atomic mass is 10.1. The van der Waals surface area contributed by atoms with Gasteiger partial charge in [-0.15, -0.1) is 0 Å². The highest BCUT2D eigenvalue weighted by Crippen LogP contribution is 2.34. The predicted molar refractivity (Wildman–Crippen MR) is 81.9 cm³/mol. The van der Waals surface area contributed by atoms with Crippen molar-refractivity contribution in [2.24, 2.45) is 0 Å². The molecule has 3 rings (SSSR count). The van der Waals surface area contributed by atoms with E-state index < -0.39 is 29.2 Å². The van der Waals surface area contributed by atoms with Gasteiger partial charge in [-0.25, -0.2) is 9.07 Å². The minimum absolute atomic E-state index is 0.0198. The van der Waals surface area contributed by atoms with E-state index in [0.717, 1.165) is 12.3 Å². The van der Waals surface area contributed by atoms with Crippen LogP contribution in [0.4, 0.5) is 17.6 Å². The number of piperazine rings is 1. The van der Waals surface area contributed by atoms with Gasteiger partial charge in [0.15, 0.2) is 5.69 Å². The van der Waals surface area contributed by atoms with Crippen molar-refractivity contribution in [1.29, 1.82) is 0 Å². The zero-order valence-corrected chi connectivity index (χ0v) is 13.3. The van der Waals surface area contributed by atoms with Gasteiger partial charge in [-0.05, 0) is 19.1 Å². The fourth-order valence-electron chi connectivity index (χ4n) is 2.87. The number of benzene rings is 1. The molecular weight excluding hydrogens is 340 g/mol. The lowest BCUT2D eigenvalue weighted by Gasteiger charge is -2.32. The van der Waals surface area contributed by atoms with Gasteiger partial charge in [0.05, 0.1) is 11.8 Å². The van der Waals surface area contributed by atoms with E-state index in [0.29, 0.717) is 24.3 Å². The number of alkyl halides is 3. The highest BCUT2D eigenvalue weighted by molar-refractivity contribution is 5.95. The summed E-state index contributed by atoms with van der Waals surface area (Å²) in [7, 11) is 0. The van der Waals surface area contributed by atoms with Crippen LogP contribution in [0.25, 0.3) is 5.69 Å². The van der Waals surface area contributed by atoms with Crippen LogP contribution in [0.5, 0.6) is 0 Å². The Hall–Kier alpha value is -2.42. The van der Waals surface area contributed by atoms with Crippen LogP contribution in [-0.2, 0) is 6.18 Å². The van der Waals surface area contributed by atoms with Gasteiger partial charge in [0.25, 0.3) is 5.91 Å². The topological polar surface area (TPSA) is 50.2 Å². The first kappa shape index (κ1) is 17.4. The van der Waals surface area contributed by atoms with Crippen LogP contribution in [0.1, 0.15) is 23.0 Å². The molecule has 5 nitrogen and oxygen atoms in total. The molecule has 1 amide bonds. The largest absolute Gasteiger partial charge is 0.434 e. The second-order valence-electron chi connectivity index (χ2n) is 5.87. The van der Waals surface area contributed by atoms with Gasteiger partial charge in [-0.2, -0.15) is 18.3 Å². The molecule has 1 atom stereocenters. The van der Waals surface area contributed by atoms with Crippen LogP contribution >= 0.6 is 0 Å². The molecular formula is C16H16F4N4O. The smallest absolute Gasteiger partial charge is 0.336 e. The number of halogens is 4. The average Bonchev–Trinajstić information content (AvgIpc) is 2.99. The third-order valence-corrected chi connectivity index (χ3v) is 4.00. The molecule has 1 aromatic carbocycles. The molecule has 2 heterocycles. The van der Waals surface area contributed by atoms with Gasteiger partial charge in [-0.3, -0.25) is 4.79 Å². The van der Waals surface area contributed by atoms with Crippen LogP contribution in [0.3, 0.4) is 0 Å². The SMILES string of the molecule is C[C@@H]1CN(C(=O)c2cnn(-c3ccccc3F)c2C(F)(F)F)CCN1. The third kappa shape index (κ3) is 3.37. The molecule has 0 radical (unpaired) electrons. The summed E-state index contributed by atoms with van der Waals surface area (Å²) in [5.74, 6) is -1.62. The fourth-order valence-corrected chi connectivity index (χ4v) is 2.87. The molecule has 0 bridgehead atoms. The molecule has 1 fully saturated rings. The third-order valence-electron chi connectivity index (χ3n) is 4.00. The zero-order chi connectivity index (χ0) is 18.2. The van der Waals surface area contributed by atoms with E-state index in [1.165, 1.54) is 23.1 Å². The van der Waals surface area contributed by atoms with Gasteiger partial charge >= 0.3 is 6.18 Å². The summed E-state index contributed by atoms with van der Waals surface area (Å²) >= 11 is 0. The van der Waals surface area contributed by atoms with Crippen molar-refractivity contribution in [3.8, 4) is 5.69 Å². The fraction of sp³-hybridized carbons (Fsp3) is 0.375. The van der Waals surface area contributed by atoms with E-state index in [2.05, 4.69) is 10.4 Å². The molecule has 1 aromatic heterocycles. The Balaban J connectivity index is 2.06. The van der Waals surface area contributed by atoms with Gasteiger partial charge in [0, 0.05) is 25.7 Å². The number of amides is 1. The van der Waals surface area contributed by atoms with Crippen molar-refractivity contribution in [2.45, 2.75) is 19.1 Å². The number of rotatable bonds is 2. The second kappa shape index (κ2) is 6.47. The molecule has 1 N–H and O–H groups in total. The van der Waals surface area contributed by atoms with Crippen molar-refractivity contribution < 1.29 is 22.4 Å². The number of nitrogens with one attached hydrogen (secondary N) is 1. The van der Waals surface area contributed by atoms with Gasteiger partial charge in [0.1, 0.15) is 11.5 Å². The van der Waals surface area contributed by atoms with Crippen LogP contribution in [0.15, 0.2) is 30.5 Å². The molecule has 0 saturated carbocycles. The van der Waals surface area contributed by atoms with E-state index in [1.54, 1.807) is 0 Å². The van der Waals surface area contributed by atoms with Crippen molar-refractivity contribution in [1.82, 2.24) is 20.0 Å². The number of carbonyl (C=O) groups is 1. The van der Waals surface area contributed by atoms with E-state index >= 15 is 0 Å².